The SMILES string of the molecule is CSc1ncc2cc(Br)c(=O)n(C3CC3)c2n1. The predicted octanol–water partition coefficient (Wildman–Crippen LogP) is 2.61. The van der Waals surface area contributed by atoms with Crippen LogP contribution in [0.2, 0.25) is 0 Å². The van der Waals surface area contributed by atoms with E-state index in [1.807, 2.05) is 6.26 Å². The van der Waals surface area contributed by atoms with Crippen molar-refractivity contribution in [1.82, 2.24) is 14.5 Å². The van der Waals surface area contributed by atoms with Crippen LogP contribution in [0.1, 0.15) is 18.9 Å². The number of rotatable bonds is 2. The van der Waals surface area contributed by atoms with Crippen LogP contribution in [0, 0.1) is 0 Å². The van der Waals surface area contributed by atoms with Crippen molar-refractivity contribution in [2.24, 2.45) is 0 Å². The Balaban J connectivity index is 2.38. The highest BCUT2D eigenvalue weighted by atomic mass is 79.9. The molecule has 1 fully saturated rings. The van der Waals surface area contributed by atoms with Gasteiger partial charge in [-0.3, -0.25) is 9.36 Å². The third kappa shape index (κ3) is 1.89. The molecule has 0 aromatic carbocycles. The van der Waals surface area contributed by atoms with Crippen LogP contribution in [-0.4, -0.2) is 20.8 Å². The minimum Gasteiger partial charge on any atom is -0.288 e. The first-order valence-corrected chi connectivity index (χ1v) is 7.34. The average Bonchev–Trinajstić information content (AvgIpc) is 3.14. The summed E-state index contributed by atoms with van der Waals surface area (Å²) in [5, 5.41) is 1.61. The lowest BCUT2D eigenvalue weighted by molar-refractivity contribution is 0.719. The van der Waals surface area contributed by atoms with Gasteiger partial charge in [-0.05, 0) is 41.1 Å². The van der Waals surface area contributed by atoms with Gasteiger partial charge in [0.2, 0.25) is 0 Å². The lowest BCUT2D eigenvalue weighted by Crippen LogP contribution is -2.21. The molecule has 0 spiro atoms. The van der Waals surface area contributed by atoms with Gasteiger partial charge in [-0.2, -0.15) is 0 Å². The molecule has 0 saturated heterocycles. The maximum absolute atomic E-state index is 12.1. The van der Waals surface area contributed by atoms with Crippen molar-refractivity contribution >= 4 is 38.7 Å². The highest BCUT2D eigenvalue weighted by Crippen LogP contribution is 2.36. The molecule has 2 heterocycles. The molecule has 17 heavy (non-hydrogen) atoms. The van der Waals surface area contributed by atoms with Crippen LogP contribution in [0.4, 0.5) is 0 Å². The predicted molar refractivity (Wildman–Crippen MR) is 71.6 cm³/mol. The number of thioether (sulfide) groups is 1. The summed E-state index contributed by atoms with van der Waals surface area (Å²) >= 11 is 4.79. The van der Waals surface area contributed by atoms with Crippen LogP contribution in [0.25, 0.3) is 11.0 Å². The Bertz CT molecular complexity index is 651. The average molecular weight is 312 g/mol. The van der Waals surface area contributed by atoms with Crippen LogP contribution >= 0.6 is 27.7 Å². The molecule has 0 radical (unpaired) electrons. The Hall–Kier alpha value is -0.880. The Kier molecular flexibility index (Phi) is 2.71. The number of hydrogen-bond acceptors (Lipinski definition) is 4. The van der Waals surface area contributed by atoms with Gasteiger partial charge in [-0.15, -0.1) is 0 Å². The molecule has 0 unspecified atom stereocenters. The Morgan fingerprint density at radius 1 is 1.53 bits per heavy atom. The smallest absolute Gasteiger partial charge is 0.266 e. The Morgan fingerprint density at radius 3 is 2.94 bits per heavy atom. The number of pyridine rings is 1. The molecule has 0 aliphatic heterocycles. The first kappa shape index (κ1) is 11.2. The highest BCUT2D eigenvalue weighted by molar-refractivity contribution is 9.10. The molecule has 2 aromatic rings. The fraction of sp³-hybridized carbons (Fsp3) is 0.364. The molecular weight excluding hydrogens is 302 g/mol. The Labute approximate surface area is 111 Å². The maximum atomic E-state index is 12.1. The van der Waals surface area contributed by atoms with E-state index in [0.717, 1.165) is 23.9 Å². The standard InChI is InChI=1S/C11H10BrN3OS/c1-17-11-13-5-6-4-8(12)10(16)15(7-2-3-7)9(6)14-11/h4-5,7H,2-3H2,1H3. The molecule has 6 heteroatoms. The number of halogens is 1. The monoisotopic (exact) mass is 311 g/mol. The maximum Gasteiger partial charge on any atom is 0.266 e. The van der Waals surface area contributed by atoms with Crippen LogP contribution < -0.4 is 5.56 Å². The zero-order chi connectivity index (χ0) is 12.0. The van der Waals surface area contributed by atoms with Crippen molar-refractivity contribution in [2.45, 2.75) is 24.0 Å². The summed E-state index contributed by atoms with van der Waals surface area (Å²) in [6, 6.07) is 2.10. The first-order chi connectivity index (χ1) is 8.20. The normalized spacial score (nSPS) is 15.4. The van der Waals surface area contributed by atoms with E-state index in [9.17, 15) is 4.79 Å². The second kappa shape index (κ2) is 4.10. The van der Waals surface area contributed by atoms with Crippen LogP contribution in [0.3, 0.4) is 0 Å². The molecule has 1 saturated carbocycles. The fourth-order valence-corrected chi connectivity index (χ4v) is 2.61. The van der Waals surface area contributed by atoms with Crippen molar-refractivity contribution in [3.63, 3.8) is 0 Å². The first-order valence-electron chi connectivity index (χ1n) is 5.32. The molecule has 0 amide bonds. The van der Waals surface area contributed by atoms with Gasteiger partial charge in [0.15, 0.2) is 5.16 Å². The zero-order valence-electron chi connectivity index (χ0n) is 9.18. The van der Waals surface area contributed by atoms with Crippen molar-refractivity contribution in [1.29, 1.82) is 0 Å². The molecule has 0 bridgehead atoms. The molecule has 3 rings (SSSR count). The van der Waals surface area contributed by atoms with Crippen molar-refractivity contribution in [3.05, 3.63) is 27.1 Å². The summed E-state index contributed by atoms with van der Waals surface area (Å²) in [5.74, 6) is 0. The van der Waals surface area contributed by atoms with E-state index in [-0.39, 0.29) is 5.56 Å². The van der Waals surface area contributed by atoms with Crippen LogP contribution in [0.15, 0.2) is 26.7 Å². The summed E-state index contributed by atoms with van der Waals surface area (Å²) in [7, 11) is 0. The lowest BCUT2D eigenvalue weighted by Gasteiger charge is -2.09. The minimum atomic E-state index is 0.00533. The van der Waals surface area contributed by atoms with E-state index in [4.69, 9.17) is 0 Å². The third-order valence-electron chi connectivity index (χ3n) is 2.80. The van der Waals surface area contributed by atoms with Gasteiger partial charge < -0.3 is 0 Å². The van der Waals surface area contributed by atoms with Gasteiger partial charge in [0.05, 0.1) is 4.47 Å². The van der Waals surface area contributed by atoms with E-state index in [2.05, 4.69) is 25.9 Å². The number of hydrogen-bond donors (Lipinski definition) is 0. The van der Waals surface area contributed by atoms with Crippen LogP contribution in [0.5, 0.6) is 0 Å². The Morgan fingerprint density at radius 2 is 2.29 bits per heavy atom. The lowest BCUT2D eigenvalue weighted by atomic mass is 10.3. The van der Waals surface area contributed by atoms with Crippen molar-refractivity contribution in [3.8, 4) is 0 Å². The zero-order valence-corrected chi connectivity index (χ0v) is 11.6. The molecule has 1 aliphatic carbocycles. The molecule has 4 nitrogen and oxygen atoms in total. The van der Waals surface area contributed by atoms with E-state index >= 15 is 0 Å². The van der Waals surface area contributed by atoms with E-state index < -0.39 is 0 Å². The molecule has 2 aromatic heterocycles. The largest absolute Gasteiger partial charge is 0.288 e. The van der Waals surface area contributed by atoms with E-state index in [1.165, 1.54) is 11.8 Å². The molecule has 0 N–H and O–H groups in total. The second-order valence-electron chi connectivity index (χ2n) is 4.03. The van der Waals surface area contributed by atoms with Gasteiger partial charge in [0.25, 0.3) is 5.56 Å². The van der Waals surface area contributed by atoms with Crippen molar-refractivity contribution < 1.29 is 0 Å². The quantitative estimate of drug-likeness (QED) is 0.632. The summed E-state index contributed by atoms with van der Waals surface area (Å²) in [4.78, 5) is 20.8. The summed E-state index contributed by atoms with van der Waals surface area (Å²) in [5.41, 5.74) is 0.755. The van der Waals surface area contributed by atoms with Crippen molar-refractivity contribution in [2.75, 3.05) is 6.26 Å². The molecular formula is C11H10BrN3OS. The summed E-state index contributed by atoms with van der Waals surface area (Å²) in [6.07, 6.45) is 5.82. The second-order valence-corrected chi connectivity index (χ2v) is 5.66. The number of nitrogens with zero attached hydrogens (tertiary/aromatic N) is 3. The third-order valence-corrected chi connectivity index (χ3v) is 3.93. The van der Waals surface area contributed by atoms with Gasteiger partial charge in [0.1, 0.15) is 5.65 Å². The highest BCUT2D eigenvalue weighted by Gasteiger charge is 2.27. The summed E-state index contributed by atoms with van der Waals surface area (Å²) < 4.78 is 2.37. The molecule has 88 valence electrons. The van der Waals surface area contributed by atoms with Gasteiger partial charge in [0, 0.05) is 17.6 Å². The van der Waals surface area contributed by atoms with E-state index in [1.54, 1.807) is 16.8 Å². The van der Waals surface area contributed by atoms with Gasteiger partial charge >= 0.3 is 0 Å². The van der Waals surface area contributed by atoms with Crippen LogP contribution in [-0.2, 0) is 0 Å². The number of aromatic nitrogens is 3. The van der Waals surface area contributed by atoms with Gasteiger partial charge in [-0.1, -0.05) is 11.8 Å². The molecule has 1 aliphatic rings. The molecule has 0 atom stereocenters. The van der Waals surface area contributed by atoms with E-state index in [0.29, 0.717) is 15.7 Å². The topological polar surface area (TPSA) is 47.8 Å². The number of fused-ring (bicyclic) bond motifs is 1. The fourth-order valence-electron chi connectivity index (χ4n) is 1.84. The van der Waals surface area contributed by atoms with Gasteiger partial charge in [-0.25, -0.2) is 9.97 Å². The minimum absolute atomic E-state index is 0.00533. The summed E-state index contributed by atoms with van der Waals surface area (Å²) in [6.45, 7) is 0.